The largest absolute Gasteiger partial charge is 0.393 e. The lowest BCUT2D eigenvalue weighted by atomic mass is 9.97. The summed E-state index contributed by atoms with van der Waals surface area (Å²) in [6, 6.07) is 3.54. The van der Waals surface area contributed by atoms with Crippen molar-refractivity contribution in [3.8, 4) is 0 Å². The maximum atomic E-state index is 12.0. The number of rotatable bonds is 7. The van der Waals surface area contributed by atoms with Crippen LogP contribution in [0.3, 0.4) is 0 Å². The van der Waals surface area contributed by atoms with Crippen molar-refractivity contribution in [3.05, 3.63) is 29.6 Å². The molecule has 0 saturated heterocycles. The van der Waals surface area contributed by atoms with Crippen LogP contribution in [0.25, 0.3) is 0 Å². The number of nitrogens with zero attached hydrogens (tertiary/aromatic N) is 1. The van der Waals surface area contributed by atoms with E-state index in [0.29, 0.717) is 19.4 Å². The fourth-order valence-electron chi connectivity index (χ4n) is 2.12. The minimum absolute atomic E-state index is 0.123. The molecule has 0 saturated carbocycles. The molecule has 0 fully saturated rings. The predicted octanol–water partition coefficient (Wildman–Crippen LogP) is 2.55. The molecule has 2 atom stereocenters. The van der Waals surface area contributed by atoms with Gasteiger partial charge in [-0.25, -0.2) is 4.79 Å². The van der Waals surface area contributed by atoms with Gasteiger partial charge in [0.25, 0.3) is 0 Å². The molecule has 1 rings (SSSR count). The van der Waals surface area contributed by atoms with E-state index in [0.717, 1.165) is 11.3 Å². The lowest BCUT2D eigenvalue weighted by Crippen LogP contribution is -2.41. The summed E-state index contributed by atoms with van der Waals surface area (Å²) < 4.78 is 0. The molecule has 2 unspecified atom stereocenters. The molecule has 0 aliphatic carbocycles. The van der Waals surface area contributed by atoms with Gasteiger partial charge in [-0.3, -0.25) is 4.98 Å². The summed E-state index contributed by atoms with van der Waals surface area (Å²) in [5.74, 6) is 0.241. The molecule has 0 bridgehead atoms. The van der Waals surface area contributed by atoms with Gasteiger partial charge in [0.15, 0.2) is 0 Å². The summed E-state index contributed by atoms with van der Waals surface area (Å²) in [6.07, 6.45) is 2.66. The van der Waals surface area contributed by atoms with E-state index in [1.165, 1.54) is 0 Å². The van der Waals surface area contributed by atoms with Gasteiger partial charge in [-0.2, -0.15) is 0 Å². The van der Waals surface area contributed by atoms with Crippen molar-refractivity contribution < 1.29 is 9.90 Å². The Hall–Kier alpha value is -1.62. The first-order valence-corrected chi connectivity index (χ1v) is 7.59. The normalized spacial score (nSPS) is 13.8. The van der Waals surface area contributed by atoms with Gasteiger partial charge in [0.05, 0.1) is 17.8 Å². The van der Waals surface area contributed by atoms with Gasteiger partial charge in [-0.15, -0.1) is 0 Å². The molecule has 0 aliphatic rings. The summed E-state index contributed by atoms with van der Waals surface area (Å²) in [5.41, 5.74) is 1.97. The van der Waals surface area contributed by atoms with Crippen LogP contribution in [0.5, 0.6) is 0 Å². The number of hydrogen-bond acceptors (Lipinski definition) is 3. The van der Waals surface area contributed by atoms with Crippen LogP contribution in [-0.4, -0.2) is 28.8 Å². The summed E-state index contributed by atoms with van der Waals surface area (Å²) in [7, 11) is 0. The number of nitrogens with one attached hydrogen (secondary N) is 2. The van der Waals surface area contributed by atoms with Crippen LogP contribution in [0.2, 0.25) is 0 Å². The van der Waals surface area contributed by atoms with Crippen molar-refractivity contribution in [2.75, 3.05) is 6.54 Å². The number of carbonyl (C=O) groups excluding carboxylic acids is 1. The van der Waals surface area contributed by atoms with Gasteiger partial charge < -0.3 is 15.7 Å². The quantitative estimate of drug-likeness (QED) is 0.723. The number of pyridine rings is 1. The van der Waals surface area contributed by atoms with E-state index >= 15 is 0 Å². The molecule has 1 heterocycles. The molecule has 0 aliphatic heterocycles. The maximum absolute atomic E-state index is 12.0. The zero-order valence-electron chi connectivity index (χ0n) is 13.4. The molecule has 1 aromatic heterocycles. The maximum Gasteiger partial charge on any atom is 0.315 e. The van der Waals surface area contributed by atoms with Crippen LogP contribution in [0.1, 0.15) is 50.9 Å². The highest BCUT2D eigenvalue weighted by atomic mass is 16.3. The van der Waals surface area contributed by atoms with Crippen LogP contribution in [-0.2, 0) is 0 Å². The molecule has 0 radical (unpaired) electrons. The first-order chi connectivity index (χ1) is 9.95. The third-order valence-electron chi connectivity index (χ3n) is 3.53. The molecule has 1 aromatic rings. The van der Waals surface area contributed by atoms with Gasteiger partial charge in [0.1, 0.15) is 0 Å². The minimum atomic E-state index is -0.357. The Morgan fingerprint density at radius 2 is 2.14 bits per heavy atom. The molecule has 118 valence electrons. The van der Waals surface area contributed by atoms with E-state index in [2.05, 4.69) is 29.5 Å². The predicted molar refractivity (Wildman–Crippen MR) is 84.0 cm³/mol. The molecule has 0 spiro atoms. The summed E-state index contributed by atoms with van der Waals surface area (Å²) in [6.45, 7) is 8.49. The summed E-state index contributed by atoms with van der Waals surface area (Å²) in [4.78, 5) is 16.4. The van der Waals surface area contributed by atoms with Crippen molar-refractivity contribution >= 4 is 6.03 Å². The van der Waals surface area contributed by atoms with Crippen molar-refractivity contribution in [3.63, 3.8) is 0 Å². The van der Waals surface area contributed by atoms with E-state index in [-0.39, 0.29) is 24.1 Å². The number of carbonyl (C=O) groups is 1. The van der Waals surface area contributed by atoms with Crippen LogP contribution in [0.4, 0.5) is 4.79 Å². The van der Waals surface area contributed by atoms with E-state index < -0.39 is 0 Å². The summed E-state index contributed by atoms with van der Waals surface area (Å²) in [5, 5.41) is 15.2. The first-order valence-electron chi connectivity index (χ1n) is 7.59. The lowest BCUT2D eigenvalue weighted by Gasteiger charge is -2.23. The third kappa shape index (κ3) is 5.71. The number of aromatic nitrogens is 1. The minimum Gasteiger partial charge on any atom is -0.393 e. The second-order valence-corrected chi connectivity index (χ2v) is 5.68. The third-order valence-corrected chi connectivity index (χ3v) is 3.53. The number of aryl methyl sites for hydroxylation is 1. The van der Waals surface area contributed by atoms with E-state index in [1.807, 2.05) is 26.0 Å². The highest BCUT2D eigenvalue weighted by Crippen LogP contribution is 2.22. The first kappa shape index (κ1) is 17.4. The van der Waals surface area contributed by atoms with Crippen molar-refractivity contribution in [2.45, 2.75) is 52.7 Å². The molecule has 3 N–H and O–H groups in total. The van der Waals surface area contributed by atoms with Gasteiger partial charge in [0.2, 0.25) is 0 Å². The molecule has 5 nitrogen and oxygen atoms in total. The summed E-state index contributed by atoms with van der Waals surface area (Å²) >= 11 is 0. The zero-order valence-corrected chi connectivity index (χ0v) is 13.4. The fourth-order valence-corrected chi connectivity index (χ4v) is 2.12. The fraction of sp³-hybridized carbons (Fsp3) is 0.625. The number of aliphatic hydroxyl groups is 1. The zero-order chi connectivity index (χ0) is 15.8. The standard InChI is InChI=1S/C16H27N3O2/c1-5-13(20)8-10-18-16(21)19-14(11(2)3)15-12(4)7-6-9-17-15/h6-7,9,11,13-14,20H,5,8,10H2,1-4H3,(H2,18,19,21). The Morgan fingerprint density at radius 3 is 2.71 bits per heavy atom. The van der Waals surface area contributed by atoms with Crippen LogP contribution in [0, 0.1) is 12.8 Å². The topological polar surface area (TPSA) is 74.2 Å². The van der Waals surface area contributed by atoms with Crippen LogP contribution < -0.4 is 10.6 Å². The molecular weight excluding hydrogens is 266 g/mol. The second kappa shape index (κ2) is 8.62. The van der Waals surface area contributed by atoms with Gasteiger partial charge in [-0.1, -0.05) is 26.8 Å². The number of hydrogen-bond donors (Lipinski definition) is 3. The molecular formula is C16H27N3O2. The molecule has 2 amide bonds. The Balaban J connectivity index is 2.59. The van der Waals surface area contributed by atoms with Crippen molar-refractivity contribution in [2.24, 2.45) is 5.92 Å². The van der Waals surface area contributed by atoms with Gasteiger partial charge in [-0.05, 0) is 37.3 Å². The molecule has 0 aromatic carbocycles. The Morgan fingerprint density at radius 1 is 1.43 bits per heavy atom. The average Bonchev–Trinajstić information content (AvgIpc) is 2.45. The van der Waals surface area contributed by atoms with E-state index in [4.69, 9.17) is 0 Å². The average molecular weight is 293 g/mol. The smallest absolute Gasteiger partial charge is 0.315 e. The van der Waals surface area contributed by atoms with Gasteiger partial charge >= 0.3 is 6.03 Å². The number of aliphatic hydroxyl groups excluding tert-OH is 1. The molecule has 21 heavy (non-hydrogen) atoms. The second-order valence-electron chi connectivity index (χ2n) is 5.68. The van der Waals surface area contributed by atoms with Crippen molar-refractivity contribution in [1.82, 2.24) is 15.6 Å². The Bertz CT molecular complexity index is 449. The molecule has 5 heteroatoms. The lowest BCUT2D eigenvalue weighted by molar-refractivity contribution is 0.159. The monoisotopic (exact) mass is 293 g/mol. The SMILES string of the molecule is CCC(O)CCNC(=O)NC(c1ncccc1C)C(C)C. The van der Waals surface area contributed by atoms with Gasteiger partial charge in [0, 0.05) is 12.7 Å². The number of amides is 2. The van der Waals surface area contributed by atoms with Crippen LogP contribution in [0.15, 0.2) is 18.3 Å². The highest BCUT2D eigenvalue weighted by molar-refractivity contribution is 5.74. The highest BCUT2D eigenvalue weighted by Gasteiger charge is 2.21. The van der Waals surface area contributed by atoms with Crippen LogP contribution >= 0.6 is 0 Å². The van der Waals surface area contributed by atoms with E-state index in [9.17, 15) is 9.90 Å². The van der Waals surface area contributed by atoms with E-state index in [1.54, 1.807) is 6.20 Å². The number of urea groups is 1. The Kier molecular flexibility index (Phi) is 7.15. The van der Waals surface area contributed by atoms with Crippen molar-refractivity contribution in [1.29, 1.82) is 0 Å². The Labute approximate surface area is 127 Å².